The van der Waals surface area contributed by atoms with Crippen molar-refractivity contribution in [1.82, 2.24) is 5.32 Å². The molecule has 0 saturated carbocycles. The monoisotopic (exact) mass is 307 g/mol. The van der Waals surface area contributed by atoms with Crippen LogP contribution < -0.4 is 5.32 Å². The Morgan fingerprint density at radius 1 is 0.950 bits per heavy atom. The molecule has 1 N–H and O–H groups in total. The fourth-order valence-corrected chi connectivity index (χ4v) is 4.10. The van der Waals surface area contributed by atoms with Gasteiger partial charge in [-0.25, -0.2) is 0 Å². The first kappa shape index (κ1) is 15.7. The van der Waals surface area contributed by atoms with Crippen LogP contribution in [0, 0.1) is 5.92 Å². The molecular formula is C17H25NS2. The average molecular weight is 308 g/mol. The molecule has 0 aromatic carbocycles. The maximum absolute atomic E-state index is 3.82. The zero-order valence-corrected chi connectivity index (χ0v) is 14.3. The first-order valence-electron chi connectivity index (χ1n) is 7.49. The molecular weight excluding hydrogens is 282 g/mol. The molecule has 1 atom stereocenters. The molecule has 2 rings (SSSR count). The second-order valence-electron chi connectivity index (χ2n) is 5.86. The van der Waals surface area contributed by atoms with Crippen molar-refractivity contribution in [3.8, 4) is 0 Å². The number of hydrogen-bond acceptors (Lipinski definition) is 3. The molecule has 1 nitrogen and oxygen atoms in total. The molecule has 0 spiro atoms. The van der Waals surface area contributed by atoms with Crippen LogP contribution in [0.1, 0.15) is 55.8 Å². The number of nitrogens with one attached hydrogen (secondary N) is 1. The van der Waals surface area contributed by atoms with Crippen molar-refractivity contribution in [2.45, 2.75) is 52.1 Å². The van der Waals surface area contributed by atoms with E-state index >= 15 is 0 Å². The predicted molar refractivity (Wildman–Crippen MR) is 91.8 cm³/mol. The minimum absolute atomic E-state index is 0.365. The van der Waals surface area contributed by atoms with Gasteiger partial charge in [-0.05, 0) is 42.2 Å². The molecule has 2 aromatic rings. The van der Waals surface area contributed by atoms with Crippen LogP contribution in [0.25, 0.3) is 0 Å². The third kappa shape index (κ3) is 4.72. The highest BCUT2D eigenvalue weighted by Crippen LogP contribution is 2.30. The normalized spacial score (nSPS) is 13.2. The topological polar surface area (TPSA) is 12.0 Å². The van der Waals surface area contributed by atoms with E-state index in [2.05, 4.69) is 61.1 Å². The second kappa shape index (κ2) is 7.96. The summed E-state index contributed by atoms with van der Waals surface area (Å²) in [5.74, 6) is 0.813. The molecule has 0 aliphatic carbocycles. The SMILES string of the molecule is CC(C)CCCC(C)NC(c1cccs1)c1cccs1. The van der Waals surface area contributed by atoms with Gasteiger partial charge in [0.15, 0.2) is 0 Å². The van der Waals surface area contributed by atoms with E-state index in [1.807, 2.05) is 22.7 Å². The van der Waals surface area contributed by atoms with Crippen molar-refractivity contribution >= 4 is 22.7 Å². The van der Waals surface area contributed by atoms with Crippen LogP contribution in [0.3, 0.4) is 0 Å². The standard InChI is InChI=1S/C17H25NS2/c1-13(2)7-4-8-14(3)18-17(15-9-5-11-19-15)16-10-6-12-20-16/h5-6,9-14,17-18H,4,7-8H2,1-3H3. The van der Waals surface area contributed by atoms with Gasteiger partial charge in [0.2, 0.25) is 0 Å². The van der Waals surface area contributed by atoms with E-state index in [-0.39, 0.29) is 0 Å². The second-order valence-corrected chi connectivity index (χ2v) is 7.81. The fourth-order valence-electron chi connectivity index (χ4n) is 2.42. The van der Waals surface area contributed by atoms with Crippen LogP contribution in [0.5, 0.6) is 0 Å². The van der Waals surface area contributed by atoms with Gasteiger partial charge in [-0.15, -0.1) is 22.7 Å². The molecule has 110 valence electrons. The smallest absolute Gasteiger partial charge is 0.0766 e. The number of rotatable bonds is 8. The van der Waals surface area contributed by atoms with Gasteiger partial charge in [0.05, 0.1) is 6.04 Å². The fraction of sp³-hybridized carbons (Fsp3) is 0.529. The van der Waals surface area contributed by atoms with E-state index in [1.165, 1.54) is 29.0 Å². The molecule has 0 fully saturated rings. The Labute approximate surface area is 131 Å². The molecule has 0 amide bonds. The zero-order chi connectivity index (χ0) is 14.4. The van der Waals surface area contributed by atoms with Gasteiger partial charge in [-0.2, -0.15) is 0 Å². The Bertz CT molecular complexity index is 425. The van der Waals surface area contributed by atoms with Gasteiger partial charge in [0.1, 0.15) is 0 Å². The maximum Gasteiger partial charge on any atom is 0.0766 e. The van der Waals surface area contributed by atoms with E-state index < -0.39 is 0 Å². The van der Waals surface area contributed by atoms with Crippen molar-refractivity contribution in [2.75, 3.05) is 0 Å². The van der Waals surface area contributed by atoms with Crippen LogP contribution in [-0.4, -0.2) is 6.04 Å². The van der Waals surface area contributed by atoms with Crippen LogP contribution in [0.2, 0.25) is 0 Å². The first-order valence-corrected chi connectivity index (χ1v) is 9.25. The number of hydrogen-bond donors (Lipinski definition) is 1. The van der Waals surface area contributed by atoms with Crippen LogP contribution in [0.4, 0.5) is 0 Å². The molecule has 2 aromatic heterocycles. The van der Waals surface area contributed by atoms with Crippen molar-refractivity contribution < 1.29 is 0 Å². The van der Waals surface area contributed by atoms with Crippen molar-refractivity contribution in [3.05, 3.63) is 44.8 Å². The van der Waals surface area contributed by atoms with Crippen molar-refractivity contribution in [2.24, 2.45) is 5.92 Å². The van der Waals surface area contributed by atoms with E-state index in [0.29, 0.717) is 12.1 Å². The summed E-state index contributed by atoms with van der Waals surface area (Å²) >= 11 is 3.69. The largest absolute Gasteiger partial charge is 0.302 e. The molecule has 0 radical (unpaired) electrons. The minimum atomic E-state index is 0.365. The van der Waals surface area contributed by atoms with E-state index in [4.69, 9.17) is 0 Å². The van der Waals surface area contributed by atoms with Crippen LogP contribution >= 0.6 is 22.7 Å². The molecule has 1 unspecified atom stereocenters. The van der Waals surface area contributed by atoms with E-state index in [9.17, 15) is 0 Å². The lowest BCUT2D eigenvalue weighted by Crippen LogP contribution is -2.30. The predicted octanol–water partition coefficient (Wildman–Crippen LogP) is 5.70. The van der Waals surface area contributed by atoms with E-state index in [0.717, 1.165) is 5.92 Å². The summed E-state index contributed by atoms with van der Waals surface area (Å²) in [4.78, 5) is 2.84. The molecule has 20 heavy (non-hydrogen) atoms. The summed E-state index contributed by atoms with van der Waals surface area (Å²) in [7, 11) is 0. The molecule has 0 bridgehead atoms. The van der Waals surface area contributed by atoms with Gasteiger partial charge in [0.25, 0.3) is 0 Å². The lowest BCUT2D eigenvalue weighted by molar-refractivity contribution is 0.438. The third-order valence-corrected chi connectivity index (χ3v) is 5.40. The zero-order valence-electron chi connectivity index (χ0n) is 12.6. The summed E-state index contributed by atoms with van der Waals surface area (Å²) < 4.78 is 0. The summed E-state index contributed by atoms with van der Waals surface area (Å²) in [5.41, 5.74) is 0. The summed E-state index contributed by atoms with van der Waals surface area (Å²) in [5, 5.41) is 8.15. The van der Waals surface area contributed by atoms with Crippen molar-refractivity contribution in [1.29, 1.82) is 0 Å². The van der Waals surface area contributed by atoms with Gasteiger partial charge in [0, 0.05) is 15.8 Å². The van der Waals surface area contributed by atoms with Crippen LogP contribution in [0.15, 0.2) is 35.0 Å². The molecule has 3 heteroatoms. The quantitative estimate of drug-likeness (QED) is 0.659. The van der Waals surface area contributed by atoms with Gasteiger partial charge < -0.3 is 5.32 Å². The lowest BCUT2D eigenvalue weighted by atomic mass is 10.0. The third-order valence-electron chi connectivity index (χ3n) is 3.53. The van der Waals surface area contributed by atoms with Gasteiger partial charge in [-0.1, -0.05) is 38.8 Å². The van der Waals surface area contributed by atoms with Gasteiger partial charge >= 0.3 is 0 Å². The van der Waals surface area contributed by atoms with Crippen LogP contribution in [-0.2, 0) is 0 Å². The summed E-state index contributed by atoms with van der Waals surface area (Å²) in [6.07, 6.45) is 3.90. The highest BCUT2D eigenvalue weighted by Gasteiger charge is 2.18. The summed E-state index contributed by atoms with van der Waals surface area (Å²) in [6, 6.07) is 9.69. The highest BCUT2D eigenvalue weighted by molar-refractivity contribution is 7.11. The minimum Gasteiger partial charge on any atom is -0.302 e. The lowest BCUT2D eigenvalue weighted by Gasteiger charge is -2.22. The first-order chi connectivity index (χ1) is 9.66. The molecule has 0 aliphatic heterocycles. The van der Waals surface area contributed by atoms with Gasteiger partial charge in [-0.3, -0.25) is 0 Å². The van der Waals surface area contributed by atoms with Crippen molar-refractivity contribution in [3.63, 3.8) is 0 Å². The highest BCUT2D eigenvalue weighted by atomic mass is 32.1. The average Bonchev–Trinajstić information content (AvgIpc) is 3.09. The summed E-state index contributed by atoms with van der Waals surface area (Å²) in [6.45, 7) is 6.92. The Hall–Kier alpha value is -0.640. The Morgan fingerprint density at radius 2 is 1.55 bits per heavy atom. The Kier molecular flexibility index (Phi) is 6.27. The molecule has 2 heterocycles. The maximum atomic E-state index is 3.82. The molecule has 0 aliphatic rings. The molecule has 0 saturated heterocycles. The Balaban J connectivity index is 1.95. The number of thiophene rings is 2. The Morgan fingerprint density at radius 3 is 2.00 bits per heavy atom. The van der Waals surface area contributed by atoms with E-state index in [1.54, 1.807) is 0 Å².